The molecule has 1 N–H and O–H groups in total. The lowest BCUT2D eigenvalue weighted by molar-refractivity contribution is -0.139. The van der Waals surface area contributed by atoms with Gasteiger partial charge in [-0.2, -0.15) is 10.1 Å². The summed E-state index contributed by atoms with van der Waals surface area (Å²) in [5, 5.41) is 7.48. The molecule has 28 heavy (non-hydrogen) atoms. The van der Waals surface area contributed by atoms with Gasteiger partial charge < -0.3 is 14.8 Å². The van der Waals surface area contributed by atoms with Crippen LogP contribution in [-0.2, 0) is 9.53 Å². The Labute approximate surface area is 165 Å². The first-order chi connectivity index (χ1) is 13.7. The number of methoxy groups -OCH3 is 1. The normalized spacial score (nSPS) is 15.8. The fourth-order valence-corrected chi connectivity index (χ4v) is 3.40. The molecule has 1 aromatic heterocycles. The highest BCUT2D eigenvalue weighted by molar-refractivity contribution is 5.92. The zero-order valence-electron chi connectivity index (χ0n) is 16.8. The Hall–Kier alpha value is -2.83. The third-order valence-corrected chi connectivity index (χ3v) is 4.93. The van der Waals surface area contributed by atoms with E-state index in [0.717, 1.165) is 29.9 Å². The van der Waals surface area contributed by atoms with Crippen LogP contribution in [-0.4, -0.2) is 34.5 Å². The zero-order valence-corrected chi connectivity index (χ0v) is 16.8. The van der Waals surface area contributed by atoms with E-state index in [1.54, 1.807) is 11.8 Å². The zero-order chi connectivity index (χ0) is 19.9. The molecule has 1 aliphatic heterocycles. The van der Waals surface area contributed by atoms with Gasteiger partial charge in [-0.25, -0.2) is 9.48 Å². The molecule has 0 saturated carbocycles. The number of esters is 1. The molecule has 0 bridgehead atoms. The lowest BCUT2D eigenvalue weighted by Crippen LogP contribution is -2.29. The number of hydrogen-bond donors (Lipinski definition) is 1. The molecule has 0 aliphatic carbocycles. The molecule has 2 aromatic rings. The number of hydrogen-bond acceptors (Lipinski definition) is 6. The van der Waals surface area contributed by atoms with Crippen LogP contribution in [0.15, 0.2) is 41.9 Å². The number of rotatable bonds is 9. The predicted octanol–water partition coefficient (Wildman–Crippen LogP) is 4.09. The third kappa shape index (κ3) is 4.35. The van der Waals surface area contributed by atoms with E-state index < -0.39 is 6.04 Å². The maximum atomic E-state index is 12.9. The van der Waals surface area contributed by atoms with Crippen LogP contribution in [0.2, 0.25) is 0 Å². The molecule has 1 aliphatic rings. The standard InChI is InChI=1S/C21H28N4O3/c1-4-5-6-7-8-13-28-20(26)18-15(2)24-21-22-14-23-25(21)19(18)16-9-11-17(27-3)12-10-16/h9-12,14,19H,4-8,13H2,1-3H3,(H,22,23,24). The van der Waals surface area contributed by atoms with Gasteiger partial charge in [-0.3, -0.25) is 0 Å². The van der Waals surface area contributed by atoms with Crippen LogP contribution in [0.5, 0.6) is 5.75 Å². The highest BCUT2D eigenvalue weighted by Crippen LogP contribution is 2.35. The van der Waals surface area contributed by atoms with Crippen LogP contribution >= 0.6 is 0 Å². The average molecular weight is 384 g/mol. The topological polar surface area (TPSA) is 78.3 Å². The van der Waals surface area contributed by atoms with Crippen molar-refractivity contribution >= 4 is 11.9 Å². The smallest absolute Gasteiger partial charge is 0.338 e. The van der Waals surface area contributed by atoms with Gasteiger partial charge >= 0.3 is 5.97 Å². The number of carbonyl (C=O) groups excluding carboxylic acids is 1. The number of nitrogens with one attached hydrogen (secondary N) is 1. The number of nitrogens with zero attached hydrogens (tertiary/aromatic N) is 3. The molecular weight excluding hydrogens is 356 g/mol. The van der Waals surface area contributed by atoms with Crippen LogP contribution < -0.4 is 10.1 Å². The fourth-order valence-electron chi connectivity index (χ4n) is 3.40. The van der Waals surface area contributed by atoms with Crippen molar-refractivity contribution < 1.29 is 14.3 Å². The lowest BCUT2D eigenvalue weighted by Gasteiger charge is -2.28. The highest BCUT2D eigenvalue weighted by Gasteiger charge is 2.34. The number of ether oxygens (including phenoxy) is 2. The fraction of sp³-hybridized carbons (Fsp3) is 0.476. The molecule has 7 nitrogen and oxygen atoms in total. The van der Waals surface area contributed by atoms with Gasteiger partial charge in [0.25, 0.3) is 0 Å². The number of carbonyl (C=O) groups is 1. The first-order valence-corrected chi connectivity index (χ1v) is 9.84. The monoisotopic (exact) mass is 384 g/mol. The summed E-state index contributed by atoms with van der Waals surface area (Å²) in [6, 6.07) is 7.23. The van der Waals surface area contributed by atoms with Gasteiger partial charge in [0.15, 0.2) is 0 Å². The van der Waals surface area contributed by atoms with Gasteiger partial charge in [0, 0.05) is 5.70 Å². The van der Waals surface area contributed by atoms with Crippen molar-refractivity contribution in [2.45, 2.75) is 52.0 Å². The molecule has 0 fully saturated rings. The molecule has 1 unspecified atom stereocenters. The van der Waals surface area contributed by atoms with E-state index >= 15 is 0 Å². The van der Waals surface area contributed by atoms with Crippen LogP contribution in [0.4, 0.5) is 5.95 Å². The predicted molar refractivity (Wildman–Crippen MR) is 107 cm³/mol. The minimum atomic E-state index is -0.391. The molecule has 3 rings (SSSR count). The Morgan fingerprint density at radius 2 is 1.93 bits per heavy atom. The third-order valence-electron chi connectivity index (χ3n) is 4.93. The van der Waals surface area contributed by atoms with E-state index in [1.165, 1.54) is 25.6 Å². The van der Waals surface area contributed by atoms with Gasteiger partial charge in [-0.05, 0) is 31.0 Å². The van der Waals surface area contributed by atoms with Crippen molar-refractivity contribution in [3.8, 4) is 5.75 Å². The minimum Gasteiger partial charge on any atom is -0.497 e. The molecule has 0 amide bonds. The van der Waals surface area contributed by atoms with Crippen LogP contribution in [0.1, 0.15) is 57.6 Å². The Kier molecular flexibility index (Phi) is 6.68. The summed E-state index contributed by atoms with van der Waals surface area (Å²) >= 11 is 0. The maximum absolute atomic E-state index is 12.9. The Balaban J connectivity index is 1.79. The summed E-state index contributed by atoms with van der Waals surface area (Å²) in [6.45, 7) is 4.48. The Morgan fingerprint density at radius 1 is 1.18 bits per heavy atom. The Bertz CT molecular complexity index is 826. The van der Waals surface area contributed by atoms with E-state index in [4.69, 9.17) is 9.47 Å². The van der Waals surface area contributed by atoms with Gasteiger partial charge in [-0.1, -0.05) is 44.7 Å². The van der Waals surface area contributed by atoms with Gasteiger partial charge in [0.2, 0.25) is 5.95 Å². The highest BCUT2D eigenvalue weighted by atomic mass is 16.5. The molecule has 0 saturated heterocycles. The Morgan fingerprint density at radius 3 is 2.64 bits per heavy atom. The summed E-state index contributed by atoms with van der Waals surface area (Å²) in [7, 11) is 1.63. The second-order valence-corrected chi connectivity index (χ2v) is 6.92. The lowest BCUT2D eigenvalue weighted by atomic mass is 9.96. The molecule has 7 heteroatoms. The van der Waals surface area contributed by atoms with Crippen molar-refractivity contribution in [1.82, 2.24) is 14.8 Å². The van der Waals surface area contributed by atoms with E-state index in [9.17, 15) is 4.79 Å². The quantitative estimate of drug-likeness (QED) is 0.518. The second-order valence-electron chi connectivity index (χ2n) is 6.92. The van der Waals surface area contributed by atoms with Gasteiger partial charge in [0.05, 0.1) is 19.3 Å². The summed E-state index contributed by atoms with van der Waals surface area (Å²) in [5.41, 5.74) is 2.21. The average Bonchev–Trinajstić information content (AvgIpc) is 3.17. The molecule has 150 valence electrons. The molecule has 2 heterocycles. The van der Waals surface area contributed by atoms with Crippen LogP contribution in [0, 0.1) is 0 Å². The number of anilines is 1. The van der Waals surface area contributed by atoms with Crippen molar-refractivity contribution in [3.05, 3.63) is 47.4 Å². The van der Waals surface area contributed by atoms with Crippen molar-refractivity contribution in [2.75, 3.05) is 19.0 Å². The summed E-state index contributed by atoms with van der Waals surface area (Å²) in [5.74, 6) is 1.05. The second kappa shape index (κ2) is 9.39. The molecule has 0 radical (unpaired) electrons. The summed E-state index contributed by atoms with van der Waals surface area (Å²) < 4.78 is 12.6. The van der Waals surface area contributed by atoms with Crippen molar-refractivity contribution in [2.24, 2.45) is 0 Å². The van der Waals surface area contributed by atoms with Crippen molar-refractivity contribution in [3.63, 3.8) is 0 Å². The minimum absolute atomic E-state index is 0.317. The maximum Gasteiger partial charge on any atom is 0.338 e. The number of allylic oxidation sites excluding steroid dienone is 1. The van der Waals surface area contributed by atoms with Crippen LogP contribution in [0.25, 0.3) is 0 Å². The molecule has 0 spiro atoms. The van der Waals surface area contributed by atoms with Gasteiger partial charge in [0.1, 0.15) is 18.1 Å². The summed E-state index contributed by atoms with van der Waals surface area (Å²) in [6.07, 6.45) is 7.03. The molecule has 1 atom stereocenters. The van der Waals surface area contributed by atoms with Gasteiger partial charge in [-0.15, -0.1) is 0 Å². The van der Waals surface area contributed by atoms with E-state index in [2.05, 4.69) is 22.3 Å². The number of fused-ring (bicyclic) bond motifs is 1. The van der Waals surface area contributed by atoms with E-state index in [0.29, 0.717) is 18.1 Å². The van der Waals surface area contributed by atoms with Crippen LogP contribution in [0.3, 0.4) is 0 Å². The number of benzene rings is 1. The molecular formula is C21H28N4O3. The first-order valence-electron chi connectivity index (χ1n) is 9.84. The largest absolute Gasteiger partial charge is 0.497 e. The number of unbranched alkanes of at least 4 members (excludes halogenated alkanes) is 4. The number of aromatic nitrogens is 3. The summed E-state index contributed by atoms with van der Waals surface area (Å²) in [4.78, 5) is 17.2. The van der Waals surface area contributed by atoms with E-state index in [1.807, 2.05) is 31.2 Å². The van der Waals surface area contributed by atoms with Crippen molar-refractivity contribution in [1.29, 1.82) is 0 Å². The first kappa shape index (κ1) is 19.9. The molecule has 1 aromatic carbocycles. The van der Waals surface area contributed by atoms with E-state index in [-0.39, 0.29) is 5.97 Å². The SMILES string of the molecule is CCCCCCCOC(=O)C1=C(C)Nc2ncnn2C1c1ccc(OC)cc1.